The molecule has 178 valence electrons. The summed E-state index contributed by atoms with van der Waals surface area (Å²) in [7, 11) is 1.54. The summed E-state index contributed by atoms with van der Waals surface area (Å²) in [4.78, 5) is 26.2. The average Bonchev–Trinajstić information content (AvgIpc) is 3.37. The van der Waals surface area contributed by atoms with E-state index in [0.717, 1.165) is 29.8 Å². The molecule has 0 radical (unpaired) electrons. The highest BCUT2D eigenvalue weighted by atomic mass is 16.5. The van der Waals surface area contributed by atoms with Crippen LogP contribution < -0.4 is 14.4 Å². The molecule has 34 heavy (non-hydrogen) atoms. The number of Topliss-reactive ketones (excluding diaryl/α,β-unsaturated/α-hetero) is 1. The number of ether oxygens (including phenoxy) is 2. The number of amides is 1. The van der Waals surface area contributed by atoms with Crippen molar-refractivity contribution in [1.29, 1.82) is 0 Å². The van der Waals surface area contributed by atoms with Crippen LogP contribution in [0.25, 0.3) is 0 Å². The highest BCUT2D eigenvalue weighted by molar-refractivity contribution is 6.52. The Morgan fingerprint density at radius 2 is 1.82 bits per heavy atom. The van der Waals surface area contributed by atoms with Crippen LogP contribution in [-0.4, -0.2) is 40.3 Å². The first-order valence-corrected chi connectivity index (χ1v) is 11.5. The summed E-state index contributed by atoms with van der Waals surface area (Å²) in [6.07, 6.45) is 3.41. The number of rotatable bonds is 10. The second-order valence-electron chi connectivity index (χ2n) is 8.83. The second-order valence-corrected chi connectivity index (χ2v) is 8.83. The zero-order valence-electron chi connectivity index (χ0n) is 20.1. The topological polar surface area (TPSA) is 86.6 Å². The Labute approximate surface area is 199 Å². The molecule has 8 heteroatoms. The minimum atomic E-state index is -0.486. The van der Waals surface area contributed by atoms with Crippen LogP contribution in [-0.2, 0) is 17.9 Å². The van der Waals surface area contributed by atoms with Crippen LogP contribution in [0.3, 0.4) is 0 Å². The number of anilines is 1. The molecular weight excluding hydrogens is 432 g/mol. The van der Waals surface area contributed by atoms with Crippen LogP contribution in [0.4, 0.5) is 5.69 Å². The van der Waals surface area contributed by atoms with Crippen molar-refractivity contribution in [2.75, 3.05) is 18.6 Å². The summed E-state index contributed by atoms with van der Waals surface area (Å²) >= 11 is 0. The highest BCUT2D eigenvalue weighted by Gasteiger charge is 2.35. The van der Waals surface area contributed by atoms with E-state index in [-0.39, 0.29) is 0 Å². The molecule has 0 unspecified atom stereocenters. The van der Waals surface area contributed by atoms with Crippen molar-refractivity contribution in [1.82, 2.24) is 15.0 Å². The van der Waals surface area contributed by atoms with E-state index in [9.17, 15) is 9.59 Å². The number of aryl methyl sites for hydroxylation is 2. The summed E-state index contributed by atoms with van der Waals surface area (Å²) in [6.45, 7) is 7.84. The number of aromatic nitrogens is 3. The fraction of sp³-hybridized carbons (Fsp3) is 0.385. The fourth-order valence-electron chi connectivity index (χ4n) is 4.08. The number of hydrogen-bond acceptors (Lipinski definition) is 6. The van der Waals surface area contributed by atoms with Gasteiger partial charge in [-0.1, -0.05) is 31.2 Å². The summed E-state index contributed by atoms with van der Waals surface area (Å²) in [5, 5.41) is 8.41. The summed E-state index contributed by atoms with van der Waals surface area (Å²) in [5.74, 6) is 0.852. The Balaban J connectivity index is 1.28. The maximum atomic E-state index is 12.4. The van der Waals surface area contributed by atoms with Gasteiger partial charge in [-0.3, -0.25) is 14.3 Å². The van der Waals surface area contributed by atoms with Crippen molar-refractivity contribution in [2.45, 2.75) is 52.7 Å². The Morgan fingerprint density at radius 1 is 1.03 bits per heavy atom. The molecule has 0 bridgehead atoms. The zero-order valence-corrected chi connectivity index (χ0v) is 20.1. The quantitative estimate of drug-likeness (QED) is 0.330. The van der Waals surface area contributed by atoms with Crippen LogP contribution in [0.15, 0.2) is 42.6 Å². The first-order valence-electron chi connectivity index (χ1n) is 11.5. The number of carbonyl (C=O) groups excluding carboxylic acids is 2. The Bertz CT molecular complexity index is 1200. The number of ketones is 1. The number of benzene rings is 2. The predicted molar refractivity (Wildman–Crippen MR) is 129 cm³/mol. The van der Waals surface area contributed by atoms with Crippen LogP contribution in [0.2, 0.25) is 0 Å². The summed E-state index contributed by atoms with van der Waals surface area (Å²) < 4.78 is 13.0. The lowest BCUT2D eigenvalue weighted by molar-refractivity contribution is -0.114. The van der Waals surface area contributed by atoms with Crippen molar-refractivity contribution >= 4 is 17.4 Å². The molecule has 0 aliphatic carbocycles. The van der Waals surface area contributed by atoms with Crippen LogP contribution in [0.5, 0.6) is 11.5 Å². The van der Waals surface area contributed by atoms with Crippen LogP contribution in [0, 0.1) is 6.92 Å². The van der Waals surface area contributed by atoms with Gasteiger partial charge >= 0.3 is 0 Å². The summed E-state index contributed by atoms with van der Waals surface area (Å²) in [5.41, 5.74) is 4.14. The third kappa shape index (κ3) is 4.95. The van der Waals surface area contributed by atoms with Gasteiger partial charge in [0.1, 0.15) is 23.8 Å². The molecule has 0 atom stereocenters. The molecule has 3 aromatic rings. The molecule has 0 fully saturated rings. The number of hydrogen-bond donors (Lipinski definition) is 0. The molecule has 8 nitrogen and oxygen atoms in total. The van der Waals surface area contributed by atoms with Gasteiger partial charge in [-0.05, 0) is 61.1 Å². The Hall–Kier alpha value is -3.68. The van der Waals surface area contributed by atoms with Gasteiger partial charge in [0.2, 0.25) is 0 Å². The molecule has 2 aromatic carbocycles. The number of carbonyl (C=O) groups is 2. The first kappa shape index (κ1) is 23.5. The molecule has 0 N–H and O–H groups in total. The average molecular weight is 463 g/mol. The van der Waals surface area contributed by atoms with Crippen LogP contribution in [0.1, 0.15) is 59.8 Å². The third-order valence-electron chi connectivity index (χ3n) is 5.95. The normalized spacial score (nSPS) is 13.0. The lowest BCUT2D eigenvalue weighted by Gasteiger charge is -2.16. The zero-order chi connectivity index (χ0) is 24.2. The van der Waals surface area contributed by atoms with Gasteiger partial charge in [-0.2, -0.15) is 0 Å². The van der Waals surface area contributed by atoms with Crippen LogP contribution >= 0.6 is 0 Å². The van der Waals surface area contributed by atoms with Gasteiger partial charge in [0.05, 0.1) is 24.6 Å². The predicted octanol–water partition coefficient (Wildman–Crippen LogP) is 4.31. The largest absolute Gasteiger partial charge is 0.497 e. The van der Waals surface area contributed by atoms with E-state index in [1.54, 1.807) is 27.8 Å². The standard InChI is InChI=1S/C26H30N4O4/c1-17(2)21-9-7-18(3)13-24(21)34-16-19-15-29(28-27-19)11-5-6-12-30-23-10-8-20(33-4)14-22(23)25(31)26(30)32/h7-10,13-15,17H,5-6,11-12,16H2,1-4H3. The molecule has 1 amide bonds. The number of nitrogens with zero attached hydrogens (tertiary/aromatic N) is 4. The van der Waals surface area contributed by atoms with Crippen molar-refractivity contribution in [3.8, 4) is 11.5 Å². The molecule has 0 saturated heterocycles. The molecule has 1 aliphatic rings. The van der Waals surface area contributed by atoms with E-state index in [0.29, 0.717) is 42.6 Å². The molecule has 1 aromatic heterocycles. The maximum absolute atomic E-state index is 12.4. The Morgan fingerprint density at radius 3 is 2.59 bits per heavy atom. The lowest BCUT2D eigenvalue weighted by atomic mass is 10.0. The van der Waals surface area contributed by atoms with Gasteiger partial charge in [-0.15, -0.1) is 5.10 Å². The van der Waals surface area contributed by atoms with E-state index >= 15 is 0 Å². The molecular formula is C26H30N4O4. The minimum absolute atomic E-state index is 0.355. The summed E-state index contributed by atoms with van der Waals surface area (Å²) in [6, 6.07) is 11.4. The minimum Gasteiger partial charge on any atom is -0.497 e. The fourth-order valence-corrected chi connectivity index (χ4v) is 4.08. The lowest BCUT2D eigenvalue weighted by Crippen LogP contribution is -2.30. The van der Waals surface area contributed by atoms with E-state index < -0.39 is 11.7 Å². The molecule has 4 rings (SSSR count). The highest BCUT2D eigenvalue weighted by Crippen LogP contribution is 2.32. The SMILES string of the molecule is COc1ccc2c(c1)C(=O)C(=O)N2CCCCn1cc(COc2cc(C)ccc2C(C)C)nn1. The third-order valence-corrected chi connectivity index (χ3v) is 5.95. The smallest absolute Gasteiger partial charge is 0.299 e. The Kier molecular flexibility index (Phi) is 6.95. The molecule has 0 spiro atoms. The molecule has 1 aliphatic heterocycles. The van der Waals surface area contributed by atoms with Gasteiger partial charge in [0.25, 0.3) is 11.7 Å². The van der Waals surface area contributed by atoms with E-state index in [2.05, 4.69) is 42.4 Å². The van der Waals surface area contributed by atoms with Gasteiger partial charge in [0.15, 0.2) is 0 Å². The maximum Gasteiger partial charge on any atom is 0.299 e. The number of unbranched alkanes of at least 4 members (excludes halogenated alkanes) is 1. The number of methoxy groups -OCH3 is 1. The van der Waals surface area contributed by atoms with Crippen molar-refractivity contribution in [3.05, 3.63) is 65.0 Å². The molecule has 0 saturated carbocycles. The van der Waals surface area contributed by atoms with E-state index in [1.807, 2.05) is 13.1 Å². The van der Waals surface area contributed by atoms with Crippen molar-refractivity contribution in [3.63, 3.8) is 0 Å². The van der Waals surface area contributed by atoms with Crippen molar-refractivity contribution in [2.24, 2.45) is 0 Å². The van der Waals surface area contributed by atoms with Crippen molar-refractivity contribution < 1.29 is 19.1 Å². The van der Waals surface area contributed by atoms with E-state index in [4.69, 9.17) is 9.47 Å². The number of fused-ring (bicyclic) bond motifs is 1. The first-order chi connectivity index (χ1) is 16.4. The van der Waals surface area contributed by atoms with E-state index in [1.165, 1.54) is 12.7 Å². The molecule has 2 heterocycles. The monoisotopic (exact) mass is 462 g/mol. The van der Waals surface area contributed by atoms with Gasteiger partial charge in [-0.25, -0.2) is 0 Å². The second kappa shape index (κ2) is 10.1. The van der Waals surface area contributed by atoms with Gasteiger partial charge < -0.3 is 14.4 Å². The van der Waals surface area contributed by atoms with Gasteiger partial charge in [0, 0.05) is 13.1 Å².